The first-order valence-corrected chi connectivity index (χ1v) is 3.45. The van der Waals surface area contributed by atoms with E-state index >= 15 is 0 Å². The predicted octanol–water partition coefficient (Wildman–Crippen LogP) is 1.05. The van der Waals surface area contributed by atoms with Crippen LogP contribution in [-0.4, -0.2) is 13.0 Å². The number of hydrogen-bond donors (Lipinski definition) is 1. The van der Waals surface area contributed by atoms with E-state index in [1.165, 1.54) is 7.05 Å². The zero-order chi connectivity index (χ0) is 7.56. The molecule has 4 heteroatoms. The maximum absolute atomic E-state index is 12.2. The van der Waals surface area contributed by atoms with Crippen LogP contribution in [0.3, 0.4) is 0 Å². The molecule has 0 fully saturated rings. The van der Waals surface area contributed by atoms with Gasteiger partial charge >= 0.3 is 0 Å². The van der Waals surface area contributed by atoms with E-state index in [0.717, 1.165) is 17.4 Å². The van der Waals surface area contributed by atoms with Crippen LogP contribution in [0.15, 0.2) is 6.07 Å². The molecule has 0 aromatic carbocycles. The SMILES string of the molecule is CNC(=O)c1cc(F)[c]s1. The van der Waals surface area contributed by atoms with E-state index in [0.29, 0.717) is 4.88 Å². The van der Waals surface area contributed by atoms with Crippen LogP contribution < -0.4 is 5.32 Å². The van der Waals surface area contributed by atoms with Crippen molar-refractivity contribution in [3.8, 4) is 0 Å². The van der Waals surface area contributed by atoms with Crippen LogP contribution in [-0.2, 0) is 0 Å². The summed E-state index contributed by atoms with van der Waals surface area (Å²) in [7, 11) is 1.50. The van der Waals surface area contributed by atoms with Gasteiger partial charge in [-0.05, 0) is 6.07 Å². The minimum Gasteiger partial charge on any atom is -0.354 e. The van der Waals surface area contributed by atoms with Crippen LogP contribution in [0.1, 0.15) is 9.67 Å². The van der Waals surface area contributed by atoms with E-state index in [9.17, 15) is 9.18 Å². The van der Waals surface area contributed by atoms with Crippen molar-refractivity contribution in [3.05, 3.63) is 22.1 Å². The Hall–Kier alpha value is -0.900. The average molecular weight is 158 g/mol. The highest BCUT2D eigenvalue weighted by molar-refractivity contribution is 7.11. The van der Waals surface area contributed by atoms with Crippen LogP contribution in [0.25, 0.3) is 0 Å². The molecule has 0 unspecified atom stereocenters. The highest BCUT2D eigenvalue weighted by Crippen LogP contribution is 2.11. The molecule has 1 N–H and O–H groups in total. The molecule has 0 atom stereocenters. The molecule has 1 aromatic heterocycles. The Kier molecular flexibility index (Phi) is 2.01. The third-order valence-electron chi connectivity index (χ3n) is 0.967. The van der Waals surface area contributed by atoms with Crippen molar-refractivity contribution in [2.24, 2.45) is 0 Å². The number of hydrogen-bond acceptors (Lipinski definition) is 2. The minimum absolute atomic E-state index is 0.273. The zero-order valence-electron chi connectivity index (χ0n) is 5.27. The molecule has 0 aliphatic carbocycles. The lowest BCUT2D eigenvalue weighted by Crippen LogP contribution is -2.16. The topological polar surface area (TPSA) is 29.1 Å². The van der Waals surface area contributed by atoms with Gasteiger partial charge in [0.05, 0.1) is 10.3 Å². The highest BCUT2D eigenvalue weighted by Gasteiger charge is 2.05. The Bertz CT molecular complexity index is 246. The average Bonchev–Trinajstić information content (AvgIpc) is 2.34. The number of rotatable bonds is 1. The van der Waals surface area contributed by atoms with E-state index < -0.39 is 5.82 Å². The third kappa shape index (κ3) is 1.33. The first-order valence-electron chi connectivity index (χ1n) is 2.63. The van der Waals surface area contributed by atoms with Crippen molar-refractivity contribution in [3.63, 3.8) is 0 Å². The fourth-order valence-corrected chi connectivity index (χ4v) is 1.14. The van der Waals surface area contributed by atoms with E-state index in [-0.39, 0.29) is 5.91 Å². The maximum atomic E-state index is 12.2. The molecule has 1 rings (SSSR count). The molecule has 0 aliphatic heterocycles. The van der Waals surface area contributed by atoms with E-state index in [4.69, 9.17) is 0 Å². The molecule has 0 bridgehead atoms. The van der Waals surface area contributed by atoms with E-state index in [1.54, 1.807) is 0 Å². The molecule has 2 nitrogen and oxygen atoms in total. The van der Waals surface area contributed by atoms with Gasteiger partial charge in [-0.15, -0.1) is 11.3 Å². The number of nitrogens with one attached hydrogen (secondary N) is 1. The maximum Gasteiger partial charge on any atom is 0.261 e. The van der Waals surface area contributed by atoms with Gasteiger partial charge in [-0.25, -0.2) is 4.39 Å². The van der Waals surface area contributed by atoms with Gasteiger partial charge in [-0.3, -0.25) is 4.79 Å². The molecule has 0 saturated carbocycles. The predicted molar refractivity (Wildman–Crippen MR) is 36.5 cm³/mol. The Labute approximate surface area is 61.7 Å². The monoisotopic (exact) mass is 158 g/mol. The first-order chi connectivity index (χ1) is 4.74. The molecule has 10 heavy (non-hydrogen) atoms. The van der Waals surface area contributed by atoms with Crippen molar-refractivity contribution < 1.29 is 9.18 Å². The normalized spacial score (nSPS) is 9.40. The zero-order valence-corrected chi connectivity index (χ0v) is 6.09. The summed E-state index contributed by atoms with van der Waals surface area (Å²) in [5.41, 5.74) is 0. The summed E-state index contributed by atoms with van der Waals surface area (Å²) in [6, 6.07) is 1.16. The lowest BCUT2D eigenvalue weighted by Gasteiger charge is -1.90. The fraction of sp³-hybridized carbons (Fsp3) is 0.167. The number of carbonyl (C=O) groups excluding carboxylic acids is 1. The largest absolute Gasteiger partial charge is 0.354 e. The van der Waals surface area contributed by atoms with Crippen molar-refractivity contribution in [1.29, 1.82) is 0 Å². The van der Waals surface area contributed by atoms with Gasteiger partial charge in [0.15, 0.2) is 0 Å². The van der Waals surface area contributed by atoms with Gasteiger partial charge in [0.25, 0.3) is 5.91 Å². The van der Waals surface area contributed by atoms with Gasteiger partial charge in [-0.1, -0.05) is 0 Å². The summed E-state index contributed by atoms with van der Waals surface area (Å²) in [5, 5.41) is 4.68. The van der Waals surface area contributed by atoms with Crippen LogP contribution in [0.2, 0.25) is 0 Å². The highest BCUT2D eigenvalue weighted by atomic mass is 32.1. The molecular weight excluding hydrogens is 153 g/mol. The van der Waals surface area contributed by atoms with Gasteiger partial charge in [0.2, 0.25) is 0 Å². The minimum atomic E-state index is -0.483. The standard InChI is InChI=1S/C6H5FNOS/c1-8-6(9)5-2-4(7)3-10-5/h2H,1H3,(H,8,9). The van der Waals surface area contributed by atoms with Crippen LogP contribution in [0.5, 0.6) is 0 Å². The number of halogens is 1. The summed E-state index contributed by atoms with van der Waals surface area (Å²) >= 11 is 0.970. The number of thiophene rings is 1. The molecule has 1 amide bonds. The number of amides is 1. The van der Waals surface area contributed by atoms with E-state index in [2.05, 4.69) is 10.7 Å². The molecule has 0 aliphatic rings. The quantitative estimate of drug-likeness (QED) is 0.650. The summed E-state index contributed by atoms with van der Waals surface area (Å²) in [6.07, 6.45) is 0. The summed E-state index contributed by atoms with van der Waals surface area (Å²) in [4.78, 5) is 11.1. The molecule has 1 aromatic rings. The van der Waals surface area contributed by atoms with Crippen molar-refractivity contribution in [1.82, 2.24) is 5.32 Å². The number of carbonyl (C=O) groups is 1. The van der Waals surface area contributed by atoms with Crippen molar-refractivity contribution >= 4 is 17.2 Å². The van der Waals surface area contributed by atoms with Gasteiger partial charge in [0, 0.05) is 7.05 Å². The Morgan fingerprint density at radius 2 is 2.60 bits per heavy atom. The fourth-order valence-electron chi connectivity index (χ4n) is 0.513. The summed E-state index contributed by atoms with van der Waals surface area (Å²) in [5.74, 6) is -0.756. The Morgan fingerprint density at radius 1 is 1.90 bits per heavy atom. The van der Waals surface area contributed by atoms with Crippen LogP contribution in [0, 0.1) is 11.2 Å². The van der Waals surface area contributed by atoms with Crippen molar-refractivity contribution in [2.75, 3.05) is 7.05 Å². The van der Waals surface area contributed by atoms with E-state index in [1.807, 2.05) is 0 Å². The molecule has 1 heterocycles. The smallest absolute Gasteiger partial charge is 0.261 e. The summed E-state index contributed by atoms with van der Waals surface area (Å²) < 4.78 is 12.2. The lowest BCUT2D eigenvalue weighted by molar-refractivity contribution is 0.0967. The molecule has 1 radical (unpaired) electrons. The van der Waals surface area contributed by atoms with Crippen LogP contribution >= 0.6 is 11.3 Å². The van der Waals surface area contributed by atoms with Crippen LogP contribution in [0.4, 0.5) is 4.39 Å². The Balaban J connectivity index is 2.85. The summed E-state index contributed by atoms with van der Waals surface area (Å²) in [6.45, 7) is 0. The third-order valence-corrected chi connectivity index (χ3v) is 1.79. The van der Waals surface area contributed by atoms with Gasteiger partial charge in [-0.2, -0.15) is 0 Å². The Morgan fingerprint density at radius 3 is 3.00 bits per heavy atom. The molecule has 0 spiro atoms. The van der Waals surface area contributed by atoms with Gasteiger partial charge in [0.1, 0.15) is 5.82 Å². The molecule has 0 saturated heterocycles. The second kappa shape index (κ2) is 2.79. The second-order valence-electron chi connectivity index (χ2n) is 1.64. The first kappa shape index (κ1) is 7.21. The second-order valence-corrected chi connectivity index (χ2v) is 2.49. The lowest BCUT2D eigenvalue weighted by atomic mass is 10.4. The molecule has 53 valence electrons. The van der Waals surface area contributed by atoms with Gasteiger partial charge < -0.3 is 5.32 Å². The van der Waals surface area contributed by atoms with Crippen molar-refractivity contribution in [2.45, 2.75) is 0 Å². The molecular formula is C6H5FNOS.